The molecular formula is C19H16F3N3. The Labute approximate surface area is 143 Å². The van der Waals surface area contributed by atoms with E-state index in [0.29, 0.717) is 19.2 Å². The van der Waals surface area contributed by atoms with Crippen LogP contribution in [0.3, 0.4) is 0 Å². The van der Waals surface area contributed by atoms with Gasteiger partial charge in [-0.05, 0) is 29.7 Å². The molecule has 0 atom stereocenters. The summed E-state index contributed by atoms with van der Waals surface area (Å²) in [7, 11) is 0. The average Bonchev–Trinajstić information content (AvgIpc) is 2.57. The summed E-state index contributed by atoms with van der Waals surface area (Å²) in [6.07, 6.45) is 3.57. The van der Waals surface area contributed by atoms with Gasteiger partial charge < -0.3 is 5.32 Å². The molecule has 1 saturated heterocycles. The summed E-state index contributed by atoms with van der Waals surface area (Å²) in [5, 5.41) is 5.60. The maximum absolute atomic E-state index is 13.7. The Balaban J connectivity index is 1.37. The molecule has 1 N–H and O–H groups in total. The number of pyridine rings is 1. The standard InChI is InChI=1S/C19H16F3N3/c20-15-5-14(19(22)18(21)7-15)9-25-10-17(11-25)24-16-2-1-13-8-23-4-3-12(13)6-16/h1-8,17,24H,9-11H2. The van der Waals surface area contributed by atoms with Crippen molar-refractivity contribution in [2.24, 2.45) is 0 Å². The van der Waals surface area contributed by atoms with Crippen LogP contribution in [0.5, 0.6) is 0 Å². The van der Waals surface area contributed by atoms with Crippen LogP contribution in [-0.4, -0.2) is 29.0 Å². The molecule has 25 heavy (non-hydrogen) atoms. The van der Waals surface area contributed by atoms with Crippen molar-refractivity contribution < 1.29 is 13.2 Å². The second-order valence-corrected chi connectivity index (χ2v) is 6.33. The van der Waals surface area contributed by atoms with Crippen LogP contribution in [0.4, 0.5) is 18.9 Å². The number of halogens is 3. The molecule has 0 amide bonds. The third-order valence-corrected chi connectivity index (χ3v) is 4.43. The molecule has 2 heterocycles. The first-order valence-electron chi connectivity index (χ1n) is 8.04. The Morgan fingerprint density at radius 2 is 1.88 bits per heavy atom. The van der Waals surface area contributed by atoms with Gasteiger partial charge in [0, 0.05) is 54.7 Å². The minimum Gasteiger partial charge on any atom is -0.380 e. The molecule has 0 aliphatic carbocycles. The van der Waals surface area contributed by atoms with Gasteiger partial charge in [0.15, 0.2) is 11.6 Å². The molecule has 0 saturated carbocycles. The van der Waals surface area contributed by atoms with E-state index in [1.54, 1.807) is 6.20 Å². The lowest BCUT2D eigenvalue weighted by Crippen LogP contribution is -2.54. The molecule has 0 radical (unpaired) electrons. The van der Waals surface area contributed by atoms with Crippen LogP contribution in [0, 0.1) is 17.5 Å². The molecule has 128 valence electrons. The number of fused-ring (bicyclic) bond motifs is 1. The zero-order chi connectivity index (χ0) is 17.4. The van der Waals surface area contributed by atoms with Gasteiger partial charge in [-0.15, -0.1) is 0 Å². The number of benzene rings is 2. The first kappa shape index (κ1) is 15.9. The Kier molecular flexibility index (Phi) is 4.05. The van der Waals surface area contributed by atoms with E-state index in [1.807, 2.05) is 29.3 Å². The van der Waals surface area contributed by atoms with Gasteiger partial charge in [-0.1, -0.05) is 6.07 Å². The van der Waals surface area contributed by atoms with Crippen molar-refractivity contribution in [2.75, 3.05) is 18.4 Å². The molecule has 1 aliphatic heterocycles. The third kappa shape index (κ3) is 3.30. The van der Waals surface area contributed by atoms with Crippen molar-refractivity contribution in [3.8, 4) is 0 Å². The van der Waals surface area contributed by atoms with Gasteiger partial charge >= 0.3 is 0 Å². The van der Waals surface area contributed by atoms with E-state index < -0.39 is 17.5 Å². The fraction of sp³-hybridized carbons (Fsp3) is 0.211. The van der Waals surface area contributed by atoms with Gasteiger partial charge in [-0.3, -0.25) is 9.88 Å². The zero-order valence-electron chi connectivity index (χ0n) is 13.3. The smallest absolute Gasteiger partial charge is 0.163 e. The van der Waals surface area contributed by atoms with Gasteiger partial charge in [-0.2, -0.15) is 0 Å². The van der Waals surface area contributed by atoms with Crippen molar-refractivity contribution in [3.63, 3.8) is 0 Å². The highest BCUT2D eigenvalue weighted by molar-refractivity contribution is 5.84. The molecule has 1 aliphatic rings. The number of hydrogen-bond donors (Lipinski definition) is 1. The second kappa shape index (κ2) is 6.37. The van der Waals surface area contributed by atoms with Crippen molar-refractivity contribution in [2.45, 2.75) is 12.6 Å². The van der Waals surface area contributed by atoms with E-state index in [9.17, 15) is 13.2 Å². The predicted octanol–water partition coefficient (Wildman–Crippen LogP) is 3.95. The summed E-state index contributed by atoms with van der Waals surface area (Å²) in [5.41, 5.74) is 1.06. The lowest BCUT2D eigenvalue weighted by atomic mass is 10.1. The molecule has 1 aromatic heterocycles. The summed E-state index contributed by atoms with van der Waals surface area (Å²) in [6.45, 7) is 1.57. The second-order valence-electron chi connectivity index (χ2n) is 6.33. The van der Waals surface area contributed by atoms with E-state index >= 15 is 0 Å². The molecule has 6 heteroatoms. The van der Waals surface area contributed by atoms with E-state index in [2.05, 4.69) is 16.4 Å². The molecule has 1 fully saturated rings. The number of hydrogen-bond acceptors (Lipinski definition) is 3. The van der Waals surface area contributed by atoms with Gasteiger partial charge in [0.2, 0.25) is 0 Å². The van der Waals surface area contributed by atoms with Gasteiger partial charge in [0.1, 0.15) is 5.82 Å². The molecule has 0 spiro atoms. The molecule has 0 unspecified atom stereocenters. The van der Waals surface area contributed by atoms with Gasteiger partial charge in [0.05, 0.1) is 6.04 Å². The summed E-state index contributed by atoms with van der Waals surface area (Å²) < 4.78 is 40.2. The van der Waals surface area contributed by atoms with Crippen LogP contribution >= 0.6 is 0 Å². The Morgan fingerprint density at radius 1 is 1.04 bits per heavy atom. The molecule has 4 rings (SSSR count). The Morgan fingerprint density at radius 3 is 2.72 bits per heavy atom. The summed E-state index contributed by atoms with van der Waals surface area (Å²) in [6, 6.07) is 9.85. The first-order valence-corrected chi connectivity index (χ1v) is 8.04. The van der Waals surface area contributed by atoms with Crippen molar-refractivity contribution in [1.82, 2.24) is 9.88 Å². The lowest BCUT2D eigenvalue weighted by molar-refractivity contribution is 0.150. The highest BCUT2D eigenvalue weighted by Crippen LogP contribution is 2.23. The third-order valence-electron chi connectivity index (χ3n) is 4.43. The zero-order valence-corrected chi connectivity index (χ0v) is 13.3. The molecule has 2 aromatic carbocycles. The minimum atomic E-state index is -1.14. The maximum Gasteiger partial charge on any atom is 0.163 e. The molecular weight excluding hydrogens is 327 g/mol. The molecule has 3 aromatic rings. The largest absolute Gasteiger partial charge is 0.380 e. The normalized spacial score (nSPS) is 15.3. The van der Waals surface area contributed by atoms with E-state index in [4.69, 9.17) is 0 Å². The van der Waals surface area contributed by atoms with Crippen LogP contribution in [-0.2, 0) is 6.54 Å². The Hall–Kier alpha value is -2.60. The van der Waals surface area contributed by atoms with E-state index in [1.165, 1.54) is 0 Å². The average molecular weight is 343 g/mol. The molecule has 0 bridgehead atoms. The minimum absolute atomic E-state index is 0.0501. The van der Waals surface area contributed by atoms with Crippen LogP contribution < -0.4 is 5.32 Å². The van der Waals surface area contributed by atoms with Gasteiger partial charge in [-0.25, -0.2) is 13.2 Å². The van der Waals surface area contributed by atoms with Crippen molar-refractivity contribution >= 4 is 16.5 Å². The number of nitrogens with zero attached hydrogens (tertiary/aromatic N) is 2. The predicted molar refractivity (Wildman–Crippen MR) is 90.7 cm³/mol. The molecule has 3 nitrogen and oxygen atoms in total. The topological polar surface area (TPSA) is 28.2 Å². The van der Waals surface area contributed by atoms with Crippen LogP contribution in [0.1, 0.15) is 5.56 Å². The summed E-state index contributed by atoms with van der Waals surface area (Å²) in [5.74, 6) is -2.87. The number of nitrogens with one attached hydrogen (secondary N) is 1. The fourth-order valence-corrected chi connectivity index (χ4v) is 3.16. The van der Waals surface area contributed by atoms with Crippen LogP contribution in [0.25, 0.3) is 10.8 Å². The van der Waals surface area contributed by atoms with E-state index in [0.717, 1.165) is 22.5 Å². The highest BCUT2D eigenvalue weighted by Gasteiger charge is 2.27. The summed E-state index contributed by atoms with van der Waals surface area (Å²) in [4.78, 5) is 6.03. The lowest BCUT2D eigenvalue weighted by Gasteiger charge is -2.40. The van der Waals surface area contributed by atoms with Crippen molar-refractivity contribution in [3.05, 3.63) is 71.8 Å². The number of anilines is 1. The van der Waals surface area contributed by atoms with Crippen LogP contribution in [0.15, 0.2) is 48.8 Å². The number of aromatic nitrogens is 1. The monoisotopic (exact) mass is 343 g/mol. The number of likely N-dealkylation sites (tertiary alicyclic amines) is 1. The fourth-order valence-electron chi connectivity index (χ4n) is 3.16. The van der Waals surface area contributed by atoms with Gasteiger partial charge in [0.25, 0.3) is 0 Å². The quantitative estimate of drug-likeness (QED) is 0.727. The van der Waals surface area contributed by atoms with Crippen molar-refractivity contribution in [1.29, 1.82) is 0 Å². The van der Waals surface area contributed by atoms with Crippen LogP contribution in [0.2, 0.25) is 0 Å². The van der Waals surface area contributed by atoms with E-state index in [-0.39, 0.29) is 18.2 Å². The first-order chi connectivity index (χ1) is 12.1. The Bertz CT molecular complexity index is 923. The number of rotatable bonds is 4. The SMILES string of the molecule is Fc1cc(F)c(F)c(CN2CC(Nc3ccc4cnccc4c3)C2)c1. The summed E-state index contributed by atoms with van der Waals surface area (Å²) >= 11 is 0. The highest BCUT2D eigenvalue weighted by atomic mass is 19.2. The maximum atomic E-state index is 13.7.